The molecule has 2 rings (SSSR count). The maximum atomic E-state index is 6.05. The number of nitrogens with zero attached hydrogens (tertiary/aromatic N) is 4. The quantitative estimate of drug-likeness (QED) is 0.652. The Morgan fingerprint density at radius 2 is 2.22 bits per heavy atom. The number of aryl methyl sites for hydroxylation is 1. The van der Waals surface area contributed by atoms with Gasteiger partial charge in [0.25, 0.3) is 0 Å². The van der Waals surface area contributed by atoms with Gasteiger partial charge in [0, 0.05) is 26.5 Å². The van der Waals surface area contributed by atoms with E-state index in [9.17, 15) is 0 Å². The molecule has 0 bridgehead atoms. The highest BCUT2D eigenvalue weighted by Gasteiger charge is 2.14. The summed E-state index contributed by atoms with van der Waals surface area (Å²) in [5.41, 5.74) is 6.05. The lowest BCUT2D eigenvalue weighted by atomic mass is 9.96. The standard InChI is InChI=1S/C13H23N5/c1-17-9-8-15-12(17)10-18(2)13(14)16-11-6-4-3-5-7-11/h8-9,11H,3-7,10H2,1-2H3,(H2,14,16). The lowest BCUT2D eigenvalue weighted by Crippen LogP contribution is -2.35. The molecule has 1 aromatic heterocycles. The van der Waals surface area contributed by atoms with Crippen molar-refractivity contribution >= 4 is 5.96 Å². The van der Waals surface area contributed by atoms with Crippen LogP contribution in [0.2, 0.25) is 0 Å². The largest absolute Gasteiger partial charge is 0.370 e. The molecular formula is C13H23N5. The Balaban J connectivity index is 1.93. The number of imidazole rings is 1. The second kappa shape index (κ2) is 5.89. The Morgan fingerprint density at radius 3 is 2.83 bits per heavy atom. The van der Waals surface area contributed by atoms with Crippen molar-refractivity contribution in [3.63, 3.8) is 0 Å². The monoisotopic (exact) mass is 249 g/mol. The highest BCUT2D eigenvalue weighted by Crippen LogP contribution is 2.20. The summed E-state index contributed by atoms with van der Waals surface area (Å²) >= 11 is 0. The van der Waals surface area contributed by atoms with Crippen molar-refractivity contribution in [2.24, 2.45) is 17.8 Å². The van der Waals surface area contributed by atoms with Gasteiger partial charge in [0.2, 0.25) is 0 Å². The Labute approximate surface area is 109 Å². The van der Waals surface area contributed by atoms with E-state index in [1.165, 1.54) is 32.1 Å². The predicted octanol–water partition coefficient (Wildman–Crippen LogP) is 1.50. The minimum absolute atomic E-state index is 0.419. The van der Waals surface area contributed by atoms with Crippen LogP contribution in [0.1, 0.15) is 37.9 Å². The van der Waals surface area contributed by atoms with Crippen LogP contribution in [0, 0.1) is 0 Å². The van der Waals surface area contributed by atoms with Gasteiger partial charge in [-0.1, -0.05) is 19.3 Å². The third kappa shape index (κ3) is 3.24. The number of hydrogen-bond donors (Lipinski definition) is 1. The molecule has 1 aliphatic rings. The van der Waals surface area contributed by atoms with Crippen molar-refractivity contribution in [3.8, 4) is 0 Å². The van der Waals surface area contributed by atoms with Gasteiger partial charge in [-0.3, -0.25) is 0 Å². The molecular weight excluding hydrogens is 226 g/mol. The fourth-order valence-corrected chi connectivity index (χ4v) is 2.34. The van der Waals surface area contributed by atoms with Gasteiger partial charge in [0.15, 0.2) is 5.96 Å². The summed E-state index contributed by atoms with van der Waals surface area (Å²) in [6.45, 7) is 0.700. The van der Waals surface area contributed by atoms with Gasteiger partial charge in [-0.25, -0.2) is 9.98 Å². The molecule has 2 N–H and O–H groups in total. The van der Waals surface area contributed by atoms with Crippen LogP contribution in [-0.2, 0) is 13.6 Å². The summed E-state index contributed by atoms with van der Waals surface area (Å²) in [5, 5.41) is 0. The van der Waals surface area contributed by atoms with Crippen molar-refractivity contribution in [1.82, 2.24) is 14.5 Å². The van der Waals surface area contributed by atoms with E-state index in [1.54, 1.807) is 6.20 Å². The van der Waals surface area contributed by atoms with Crippen molar-refractivity contribution in [1.29, 1.82) is 0 Å². The second-order valence-electron chi connectivity index (χ2n) is 5.09. The average molecular weight is 249 g/mol. The zero-order valence-electron chi connectivity index (χ0n) is 11.3. The van der Waals surface area contributed by atoms with E-state index >= 15 is 0 Å². The maximum absolute atomic E-state index is 6.05. The number of aliphatic imine (C=N–C) groups is 1. The molecule has 0 saturated heterocycles. The number of nitrogens with two attached hydrogens (primary N) is 1. The Bertz CT molecular complexity index is 403. The van der Waals surface area contributed by atoms with E-state index in [4.69, 9.17) is 5.73 Å². The van der Waals surface area contributed by atoms with Crippen LogP contribution in [0.25, 0.3) is 0 Å². The van der Waals surface area contributed by atoms with E-state index in [1.807, 2.05) is 29.8 Å². The molecule has 1 saturated carbocycles. The molecule has 1 aromatic rings. The first-order chi connectivity index (χ1) is 8.66. The van der Waals surface area contributed by atoms with E-state index in [0.29, 0.717) is 18.5 Å². The van der Waals surface area contributed by atoms with Crippen molar-refractivity contribution in [3.05, 3.63) is 18.2 Å². The second-order valence-corrected chi connectivity index (χ2v) is 5.09. The third-order valence-electron chi connectivity index (χ3n) is 3.58. The van der Waals surface area contributed by atoms with Crippen LogP contribution in [0.3, 0.4) is 0 Å². The van der Waals surface area contributed by atoms with Gasteiger partial charge in [0.05, 0.1) is 12.6 Å². The van der Waals surface area contributed by atoms with Crippen LogP contribution in [-0.4, -0.2) is 33.5 Å². The zero-order chi connectivity index (χ0) is 13.0. The molecule has 1 fully saturated rings. The summed E-state index contributed by atoms with van der Waals surface area (Å²) < 4.78 is 2.00. The molecule has 1 aliphatic carbocycles. The molecule has 0 aliphatic heterocycles. The molecule has 0 atom stereocenters. The number of hydrogen-bond acceptors (Lipinski definition) is 2. The minimum atomic E-state index is 0.419. The summed E-state index contributed by atoms with van der Waals surface area (Å²) in [6.07, 6.45) is 10.0. The van der Waals surface area contributed by atoms with E-state index in [0.717, 1.165) is 5.82 Å². The van der Waals surface area contributed by atoms with Gasteiger partial charge >= 0.3 is 0 Å². The SMILES string of the molecule is CN(Cc1nccn1C)C(N)=NC1CCCCC1. The van der Waals surface area contributed by atoms with Crippen LogP contribution >= 0.6 is 0 Å². The van der Waals surface area contributed by atoms with Crippen LogP contribution in [0.15, 0.2) is 17.4 Å². The van der Waals surface area contributed by atoms with Crippen LogP contribution in [0.4, 0.5) is 0 Å². The lowest BCUT2D eigenvalue weighted by molar-refractivity contribution is 0.423. The molecule has 5 nitrogen and oxygen atoms in total. The summed E-state index contributed by atoms with van der Waals surface area (Å²) in [4.78, 5) is 10.9. The Kier molecular flexibility index (Phi) is 4.23. The summed E-state index contributed by atoms with van der Waals surface area (Å²) in [5.74, 6) is 1.63. The summed E-state index contributed by atoms with van der Waals surface area (Å²) in [6, 6.07) is 0.419. The Morgan fingerprint density at radius 1 is 1.50 bits per heavy atom. The van der Waals surface area contributed by atoms with Gasteiger partial charge in [-0.05, 0) is 12.8 Å². The first-order valence-corrected chi connectivity index (χ1v) is 6.67. The normalized spacial score (nSPS) is 18.0. The Hall–Kier alpha value is -1.52. The van der Waals surface area contributed by atoms with Crippen molar-refractivity contribution < 1.29 is 0 Å². The van der Waals surface area contributed by atoms with E-state index in [-0.39, 0.29) is 0 Å². The third-order valence-corrected chi connectivity index (χ3v) is 3.58. The van der Waals surface area contributed by atoms with Gasteiger partial charge in [0.1, 0.15) is 5.82 Å². The topological polar surface area (TPSA) is 59.4 Å². The zero-order valence-corrected chi connectivity index (χ0v) is 11.3. The van der Waals surface area contributed by atoms with Crippen LogP contribution < -0.4 is 5.73 Å². The van der Waals surface area contributed by atoms with Crippen molar-refractivity contribution in [2.75, 3.05) is 7.05 Å². The fourth-order valence-electron chi connectivity index (χ4n) is 2.34. The van der Waals surface area contributed by atoms with Gasteiger partial charge in [-0.2, -0.15) is 0 Å². The average Bonchev–Trinajstić information content (AvgIpc) is 2.76. The molecule has 1 heterocycles. The first kappa shape index (κ1) is 12.9. The van der Waals surface area contributed by atoms with Crippen LogP contribution in [0.5, 0.6) is 0 Å². The first-order valence-electron chi connectivity index (χ1n) is 6.67. The summed E-state index contributed by atoms with van der Waals surface area (Å²) in [7, 11) is 3.96. The van der Waals surface area contributed by atoms with Crippen molar-refractivity contribution in [2.45, 2.75) is 44.7 Å². The number of rotatable bonds is 3. The molecule has 0 amide bonds. The lowest BCUT2D eigenvalue weighted by Gasteiger charge is -2.22. The fraction of sp³-hybridized carbons (Fsp3) is 0.692. The van der Waals surface area contributed by atoms with E-state index < -0.39 is 0 Å². The molecule has 0 aromatic carbocycles. The van der Waals surface area contributed by atoms with Gasteiger partial charge < -0.3 is 15.2 Å². The number of aromatic nitrogens is 2. The molecule has 5 heteroatoms. The van der Waals surface area contributed by atoms with E-state index in [2.05, 4.69) is 9.98 Å². The van der Waals surface area contributed by atoms with Gasteiger partial charge in [-0.15, -0.1) is 0 Å². The predicted molar refractivity (Wildman–Crippen MR) is 73.2 cm³/mol. The number of guanidine groups is 1. The molecule has 18 heavy (non-hydrogen) atoms. The molecule has 0 spiro atoms. The molecule has 0 radical (unpaired) electrons. The minimum Gasteiger partial charge on any atom is -0.370 e. The smallest absolute Gasteiger partial charge is 0.191 e. The molecule has 100 valence electrons. The highest BCUT2D eigenvalue weighted by molar-refractivity contribution is 5.77. The molecule has 0 unspecified atom stereocenters. The maximum Gasteiger partial charge on any atom is 0.191 e. The highest BCUT2D eigenvalue weighted by atomic mass is 15.3.